The van der Waals surface area contributed by atoms with Crippen LogP contribution in [0.2, 0.25) is 0 Å². The molecule has 0 aromatic carbocycles. The lowest BCUT2D eigenvalue weighted by molar-refractivity contribution is 0.335. The summed E-state index contributed by atoms with van der Waals surface area (Å²) in [6, 6.07) is 0. The summed E-state index contributed by atoms with van der Waals surface area (Å²) in [7, 11) is 0. The monoisotopic (exact) mass is 162 g/mol. The van der Waals surface area contributed by atoms with Crippen molar-refractivity contribution in [2.75, 3.05) is 0 Å². The van der Waals surface area contributed by atoms with E-state index >= 15 is 0 Å². The normalized spacial score (nSPS) is 27.8. The molecule has 1 atom stereocenters. The van der Waals surface area contributed by atoms with Crippen LogP contribution in [0.15, 0.2) is 35.3 Å². The second-order valence-electron chi connectivity index (χ2n) is 3.63. The molecule has 1 unspecified atom stereocenters. The molecule has 64 valence electrons. The quantitative estimate of drug-likeness (QED) is 0.531. The Kier molecular flexibility index (Phi) is 1.80. The first-order chi connectivity index (χ1) is 5.77. The highest BCUT2D eigenvalue weighted by molar-refractivity contribution is 5.40. The van der Waals surface area contributed by atoms with Gasteiger partial charge in [0, 0.05) is 0 Å². The van der Waals surface area contributed by atoms with E-state index in [2.05, 4.69) is 19.9 Å². The summed E-state index contributed by atoms with van der Waals surface area (Å²) in [5, 5.41) is 0. The molecule has 0 spiro atoms. The van der Waals surface area contributed by atoms with Crippen molar-refractivity contribution in [1.29, 1.82) is 0 Å². The molecule has 0 aromatic heterocycles. The van der Waals surface area contributed by atoms with Gasteiger partial charge in [-0.25, -0.2) is 0 Å². The van der Waals surface area contributed by atoms with Gasteiger partial charge < -0.3 is 4.74 Å². The van der Waals surface area contributed by atoms with Crippen LogP contribution in [-0.2, 0) is 4.74 Å². The summed E-state index contributed by atoms with van der Waals surface area (Å²) < 4.78 is 5.45. The number of rotatable bonds is 0. The van der Waals surface area contributed by atoms with Crippen molar-refractivity contribution in [2.45, 2.75) is 26.7 Å². The van der Waals surface area contributed by atoms with E-state index in [0.29, 0.717) is 5.92 Å². The highest BCUT2D eigenvalue weighted by Crippen LogP contribution is 2.33. The van der Waals surface area contributed by atoms with Crippen molar-refractivity contribution in [3.05, 3.63) is 35.3 Å². The summed E-state index contributed by atoms with van der Waals surface area (Å²) in [6.45, 7) is 4.39. The van der Waals surface area contributed by atoms with Crippen LogP contribution in [0.3, 0.4) is 0 Å². The third-order valence-electron chi connectivity index (χ3n) is 2.57. The van der Waals surface area contributed by atoms with E-state index in [1.807, 2.05) is 6.08 Å². The van der Waals surface area contributed by atoms with Gasteiger partial charge in [0.1, 0.15) is 5.76 Å². The van der Waals surface area contributed by atoms with Gasteiger partial charge in [0.05, 0.1) is 6.26 Å². The molecule has 0 amide bonds. The van der Waals surface area contributed by atoms with E-state index in [4.69, 9.17) is 4.74 Å². The van der Waals surface area contributed by atoms with Gasteiger partial charge in [-0.05, 0) is 49.0 Å². The standard InChI is InChI=1S/C11H14O/c1-8-3-4-10-9(2)5-6-12-11(10)7-8/h5-8H,3-4H2,1-2H3. The van der Waals surface area contributed by atoms with E-state index in [1.54, 1.807) is 6.26 Å². The van der Waals surface area contributed by atoms with Gasteiger partial charge in [0.2, 0.25) is 0 Å². The molecule has 1 heteroatoms. The number of allylic oxidation sites excluding steroid dienone is 4. The highest BCUT2D eigenvalue weighted by atomic mass is 16.5. The van der Waals surface area contributed by atoms with Gasteiger partial charge >= 0.3 is 0 Å². The molecule has 0 fully saturated rings. The Morgan fingerprint density at radius 2 is 2.33 bits per heavy atom. The topological polar surface area (TPSA) is 9.23 Å². The number of hydrogen-bond acceptors (Lipinski definition) is 1. The van der Waals surface area contributed by atoms with Crippen LogP contribution in [0, 0.1) is 5.92 Å². The maximum atomic E-state index is 5.45. The largest absolute Gasteiger partial charge is 0.465 e. The van der Waals surface area contributed by atoms with E-state index in [1.165, 1.54) is 24.0 Å². The van der Waals surface area contributed by atoms with Gasteiger partial charge in [0.25, 0.3) is 0 Å². The molecule has 0 saturated carbocycles. The summed E-state index contributed by atoms with van der Waals surface area (Å²) in [5.41, 5.74) is 2.76. The van der Waals surface area contributed by atoms with Gasteiger partial charge in [0.15, 0.2) is 0 Å². The lowest BCUT2D eigenvalue weighted by Gasteiger charge is -2.23. The Labute approximate surface area is 73.4 Å². The van der Waals surface area contributed by atoms with Crippen molar-refractivity contribution in [1.82, 2.24) is 0 Å². The van der Waals surface area contributed by atoms with Crippen molar-refractivity contribution in [3.63, 3.8) is 0 Å². The molecule has 0 saturated heterocycles. The molecule has 1 aliphatic heterocycles. The Morgan fingerprint density at radius 3 is 3.17 bits per heavy atom. The molecular weight excluding hydrogens is 148 g/mol. The van der Waals surface area contributed by atoms with E-state index in [-0.39, 0.29) is 0 Å². The van der Waals surface area contributed by atoms with Crippen LogP contribution in [0.5, 0.6) is 0 Å². The first-order valence-corrected chi connectivity index (χ1v) is 4.52. The summed E-state index contributed by atoms with van der Waals surface area (Å²) in [5.74, 6) is 1.76. The molecule has 0 N–H and O–H groups in total. The van der Waals surface area contributed by atoms with Gasteiger partial charge in [-0.3, -0.25) is 0 Å². The molecule has 1 aliphatic carbocycles. The zero-order valence-corrected chi connectivity index (χ0v) is 7.63. The first-order valence-electron chi connectivity index (χ1n) is 4.52. The molecule has 0 bridgehead atoms. The molecule has 0 radical (unpaired) electrons. The fraction of sp³-hybridized carbons (Fsp3) is 0.455. The Hall–Kier alpha value is -0.980. The number of ether oxygens (including phenoxy) is 1. The Morgan fingerprint density at radius 1 is 1.50 bits per heavy atom. The highest BCUT2D eigenvalue weighted by Gasteiger charge is 2.18. The lowest BCUT2D eigenvalue weighted by Crippen LogP contribution is -2.08. The zero-order valence-electron chi connectivity index (χ0n) is 7.63. The van der Waals surface area contributed by atoms with Crippen LogP contribution < -0.4 is 0 Å². The maximum Gasteiger partial charge on any atom is 0.126 e. The molecule has 2 aliphatic rings. The molecule has 12 heavy (non-hydrogen) atoms. The molecule has 0 aromatic rings. The zero-order chi connectivity index (χ0) is 8.55. The Balaban J connectivity index is 2.38. The lowest BCUT2D eigenvalue weighted by atomic mass is 9.89. The summed E-state index contributed by atoms with van der Waals surface area (Å²) in [6.07, 6.45) is 8.48. The first kappa shape index (κ1) is 7.66. The smallest absolute Gasteiger partial charge is 0.126 e. The van der Waals surface area contributed by atoms with Crippen LogP contribution in [0.1, 0.15) is 26.7 Å². The average Bonchev–Trinajstić information content (AvgIpc) is 2.04. The predicted octanol–water partition coefficient (Wildman–Crippen LogP) is 3.16. The number of hydrogen-bond donors (Lipinski definition) is 0. The second-order valence-corrected chi connectivity index (χ2v) is 3.63. The molecular formula is C11H14O. The summed E-state index contributed by atoms with van der Waals surface area (Å²) in [4.78, 5) is 0. The van der Waals surface area contributed by atoms with Gasteiger partial charge in [-0.15, -0.1) is 0 Å². The molecule has 2 rings (SSSR count). The van der Waals surface area contributed by atoms with Crippen molar-refractivity contribution in [2.24, 2.45) is 5.92 Å². The Bertz CT molecular complexity index is 281. The van der Waals surface area contributed by atoms with Crippen LogP contribution in [0.4, 0.5) is 0 Å². The van der Waals surface area contributed by atoms with Gasteiger partial charge in [-0.2, -0.15) is 0 Å². The van der Waals surface area contributed by atoms with Crippen LogP contribution in [0.25, 0.3) is 0 Å². The maximum absolute atomic E-state index is 5.45. The minimum Gasteiger partial charge on any atom is -0.465 e. The predicted molar refractivity (Wildman–Crippen MR) is 49.4 cm³/mol. The second kappa shape index (κ2) is 2.81. The van der Waals surface area contributed by atoms with E-state index < -0.39 is 0 Å². The number of fused-ring (bicyclic) bond motifs is 1. The van der Waals surface area contributed by atoms with Crippen molar-refractivity contribution in [3.8, 4) is 0 Å². The van der Waals surface area contributed by atoms with Gasteiger partial charge in [-0.1, -0.05) is 6.92 Å². The summed E-state index contributed by atoms with van der Waals surface area (Å²) >= 11 is 0. The molecule has 1 heterocycles. The minimum atomic E-state index is 0.669. The molecule has 1 nitrogen and oxygen atoms in total. The van der Waals surface area contributed by atoms with Crippen LogP contribution >= 0.6 is 0 Å². The third kappa shape index (κ3) is 1.20. The SMILES string of the molecule is CC1=C2CCC(C)C=C2OC=C1. The fourth-order valence-corrected chi connectivity index (χ4v) is 1.75. The van der Waals surface area contributed by atoms with E-state index in [0.717, 1.165) is 5.76 Å². The van der Waals surface area contributed by atoms with Crippen molar-refractivity contribution >= 4 is 0 Å². The van der Waals surface area contributed by atoms with E-state index in [9.17, 15) is 0 Å². The van der Waals surface area contributed by atoms with Crippen molar-refractivity contribution < 1.29 is 4.74 Å². The minimum absolute atomic E-state index is 0.669. The van der Waals surface area contributed by atoms with Crippen LogP contribution in [-0.4, -0.2) is 0 Å². The average molecular weight is 162 g/mol. The third-order valence-corrected chi connectivity index (χ3v) is 2.57. The fourth-order valence-electron chi connectivity index (χ4n) is 1.75.